The topological polar surface area (TPSA) is 0 Å². The van der Waals surface area contributed by atoms with E-state index in [1.54, 1.807) is 0 Å². The molecule has 4 heteroatoms. The molecule has 1 aromatic rings. The Morgan fingerprint density at radius 3 is 2.10 bits per heavy atom. The molecule has 0 aromatic carbocycles. The smallest absolute Gasteiger partial charge is 0.166 e. The summed E-state index contributed by atoms with van der Waals surface area (Å²) in [7, 11) is 0. The number of alkyl halides is 3. The van der Waals surface area contributed by atoms with Crippen LogP contribution in [0.1, 0.15) is 11.1 Å². The highest BCUT2D eigenvalue weighted by molar-refractivity contribution is 7.08. The molecule has 0 aliphatic heterocycles. The van der Waals surface area contributed by atoms with Crippen LogP contribution in [0.5, 0.6) is 0 Å². The van der Waals surface area contributed by atoms with Gasteiger partial charge in [-0.25, -0.2) is 0 Å². The van der Waals surface area contributed by atoms with Gasteiger partial charge >= 0.3 is 6.18 Å². The minimum absolute atomic E-state index is 0.303. The second kappa shape index (κ2) is 2.27. The summed E-state index contributed by atoms with van der Waals surface area (Å²) in [5.74, 6) is 0. The monoisotopic (exact) mass is 166 g/mol. The third-order valence-electron chi connectivity index (χ3n) is 1.16. The van der Waals surface area contributed by atoms with Gasteiger partial charge in [-0.05, 0) is 17.9 Å². The number of aryl methyl sites for hydroxylation is 1. The fourth-order valence-corrected chi connectivity index (χ4v) is 1.51. The maximum absolute atomic E-state index is 11.9. The van der Waals surface area contributed by atoms with E-state index in [2.05, 4.69) is 0 Å². The third-order valence-corrected chi connectivity index (χ3v) is 2.02. The SMILES string of the molecule is Cc1cscc1C(F)(F)F. The normalized spacial score (nSPS) is 12.0. The van der Waals surface area contributed by atoms with Gasteiger partial charge in [0.25, 0.3) is 0 Å². The first-order valence-corrected chi connectivity index (χ1v) is 3.56. The van der Waals surface area contributed by atoms with E-state index in [0.29, 0.717) is 5.56 Å². The van der Waals surface area contributed by atoms with Crippen molar-refractivity contribution in [2.45, 2.75) is 13.1 Å². The third kappa shape index (κ3) is 1.31. The number of hydrogen-bond acceptors (Lipinski definition) is 1. The van der Waals surface area contributed by atoms with Crippen LogP contribution in [0.25, 0.3) is 0 Å². The van der Waals surface area contributed by atoms with Crippen molar-refractivity contribution in [3.8, 4) is 0 Å². The first kappa shape index (κ1) is 7.60. The van der Waals surface area contributed by atoms with Gasteiger partial charge in [-0.15, -0.1) is 0 Å². The fourth-order valence-electron chi connectivity index (χ4n) is 0.651. The molecule has 0 saturated carbocycles. The minimum atomic E-state index is -4.18. The molecular formula is C6H5F3S. The van der Waals surface area contributed by atoms with Crippen molar-refractivity contribution < 1.29 is 13.2 Å². The summed E-state index contributed by atoms with van der Waals surface area (Å²) in [6.07, 6.45) is -4.18. The lowest BCUT2D eigenvalue weighted by atomic mass is 10.2. The minimum Gasteiger partial charge on any atom is -0.166 e. The lowest BCUT2D eigenvalue weighted by Gasteiger charge is -2.03. The molecule has 0 nitrogen and oxygen atoms in total. The van der Waals surface area contributed by atoms with Crippen molar-refractivity contribution in [3.63, 3.8) is 0 Å². The molecule has 10 heavy (non-hydrogen) atoms. The largest absolute Gasteiger partial charge is 0.417 e. The summed E-state index contributed by atoms with van der Waals surface area (Å²) < 4.78 is 35.7. The van der Waals surface area contributed by atoms with Crippen LogP contribution in [0.3, 0.4) is 0 Å². The Morgan fingerprint density at radius 1 is 1.30 bits per heavy atom. The van der Waals surface area contributed by atoms with Crippen molar-refractivity contribution in [2.24, 2.45) is 0 Å². The van der Waals surface area contributed by atoms with Crippen LogP contribution in [0.15, 0.2) is 10.8 Å². The van der Waals surface area contributed by atoms with Crippen LogP contribution >= 0.6 is 11.3 Å². The maximum atomic E-state index is 11.9. The second-order valence-electron chi connectivity index (χ2n) is 1.97. The molecule has 0 aliphatic carbocycles. The van der Waals surface area contributed by atoms with E-state index in [1.165, 1.54) is 12.3 Å². The zero-order chi connectivity index (χ0) is 7.78. The Morgan fingerprint density at radius 2 is 1.90 bits per heavy atom. The molecule has 0 aliphatic rings. The zero-order valence-electron chi connectivity index (χ0n) is 5.20. The summed E-state index contributed by atoms with van der Waals surface area (Å²) in [6.45, 7) is 1.46. The van der Waals surface area contributed by atoms with E-state index in [9.17, 15) is 13.2 Å². The van der Waals surface area contributed by atoms with Gasteiger partial charge in [0.2, 0.25) is 0 Å². The average molecular weight is 166 g/mol. The van der Waals surface area contributed by atoms with Gasteiger partial charge in [0, 0.05) is 5.38 Å². The molecule has 0 fully saturated rings. The molecule has 56 valence electrons. The van der Waals surface area contributed by atoms with Crippen LogP contribution in [0.2, 0.25) is 0 Å². The Kier molecular flexibility index (Phi) is 1.72. The van der Waals surface area contributed by atoms with E-state index in [1.807, 2.05) is 0 Å². The van der Waals surface area contributed by atoms with E-state index >= 15 is 0 Å². The molecule has 1 heterocycles. The van der Waals surface area contributed by atoms with Gasteiger partial charge in [0.15, 0.2) is 0 Å². The molecule has 0 N–H and O–H groups in total. The van der Waals surface area contributed by atoms with Crippen molar-refractivity contribution in [1.82, 2.24) is 0 Å². The molecule has 0 amide bonds. The van der Waals surface area contributed by atoms with Crippen LogP contribution in [0, 0.1) is 6.92 Å². The summed E-state index contributed by atoms with van der Waals surface area (Å²) in [4.78, 5) is 0. The molecule has 0 unspecified atom stereocenters. The molecular weight excluding hydrogens is 161 g/mol. The predicted molar refractivity (Wildman–Crippen MR) is 34.1 cm³/mol. The number of halogens is 3. The molecule has 0 spiro atoms. The summed E-state index contributed by atoms with van der Waals surface area (Å²) in [5.41, 5.74) is -0.213. The van der Waals surface area contributed by atoms with E-state index < -0.39 is 11.7 Å². The molecule has 1 rings (SSSR count). The Hall–Kier alpha value is -0.510. The van der Waals surface area contributed by atoms with Gasteiger partial charge in [-0.3, -0.25) is 0 Å². The first-order chi connectivity index (χ1) is 4.52. The van der Waals surface area contributed by atoms with E-state index in [4.69, 9.17) is 0 Å². The van der Waals surface area contributed by atoms with Gasteiger partial charge < -0.3 is 0 Å². The number of hydrogen-bond donors (Lipinski definition) is 0. The summed E-state index contributed by atoms with van der Waals surface area (Å²) in [6, 6.07) is 0. The van der Waals surface area contributed by atoms with Crippen molar-refractivity contribution in [2.75, 3.05) is 0 Å². The quantitative estimate of drug-likeness (QED) is 0.555. The Balaban J connectivity index is 3.05. The van der Waals surface area contributed by atoms with Crippen molar-refractivity contribution >= 4 is 11.3 Å². The lowest BCUT2D eigenvalue weighted by Crippen LogP contribution is -2.04. The Bertz CT molecular complexity index is 223. The van der Waals surface area contributed by atoms with Crippen LogP contribution in [-0.2, 0) is 6.18 Å². The molecule has 1 aromatic heterocycles. The average Bonchev–Trinajstić information content (AvgIpc) is 2.11. The van der Waals surface area contributed by atoms with Crippen molar-refractivity contribution in [3.05, 3.63) is 21.9 Å². The second-order valence-corrected chi connectivity index (χ2v) is 2.71. The van der Waals surface area contributed by atoms with Crippen LogP contribution in [0.4, 0.5) is 13.2 Å². The van der Waals surface area contributed by atoms with Crippen LogP contribution < -0.4 is 0 Å². The van der Waals surface area contributed by atoms with E-state index in [-0.39, 0.29) is 0 Å². The lowest BCUT2D eigenvalue weighted by molar-refractivity contribution is -0.137. The van der Waals surface area contributed by atoms with Gasteiger partial charge in [-0.1, -0.05) is 0 Å². The summed E-state index contributed by atoms with van der Waals surface area (Å²) in [5, 5.41) is 2.61. The standard InChI is InChI=1S/C6H5F3S/c1-4-2-10-3-5(4)6(7,8)9/h2-3H,1H3. The zero-order valence-corrected chi connectivity index (χ0v) is 6.01. The van der Waals surface area contributed by atoms with Gasteiger partial charge in [-0.2, -0.15) is 24.5 Å². The molecule has 0 bridgehead atoms. The molecule has 0 radical (unpaired) electrons. The number of thiophene rings is 1. The van der Waals surface area contributed by atoms with Crippen LogP contribution in [-0.4, -0.2) is 0 Å². The fraction of sp³-hybridized carbons (Fsp3) is 0.333. The highest BCUT2D eigenvalue weighted by Crippen LogP contribution is 2.33. The van der Waals surface area contributed by atoms with E-state index in [0.717, 1.165) is 16.7 Å². The van der Waals surface area contributed by atoms with Gasteiger partial charge in [0.05, 0.1) is 5.56 Å². The first-order valence-electron chi connectivity index (χ1n) is 2.62. The molecule has 0 atom stereocenters. The summed E-state index contributed by atoms with van der Waals surface area (Å²) >= 11 is 1.07. The van der Waals surface area contributed by atoms with Gasteiger partial charge in [0.1, 0.15) is 0 Å². The maximum Gasteiger partial charge on any atom is 0.417 e. The van der Waals surface area contributed by atoms with Crippen molar-refractivity contribution in [1.29, 1.82) is 0 Å². The molecule has 0 saturated heterocycles. The Labute approximate surface area is 60.3 Å². The predicted octanol–water partition coefficient (Wildman–Crippen LogP) is 3.08. The highest BCUT2D eigenvalue weighted by atomic mass is 32.1. The number of rotatable bonds is 0. The highest BCUT2D eigenvalue weighted by Gasteiger charge is 2.32.